The van der Waals surface area contributed by atoms with Crippen molar-refractivity contribution in [2.75, 3.05) is 20.1 Å². The molecule has 8 nitrogen and oxygen atoms in total. The van der Waals surface area contributed by atoms with E-state index in [9.17, 15) is 14.9 Å². The lowest BCUT2D eigenvalue weighted by atomic mass is 9.93. The Bertz CT molecular complexity index is 535. The molecule has 8 heteroatoms. The Labute approximate surface area is 117 Å². The number of carbonyl (C=O) groups excluding carboxylic acids is 1. The summed E-state index contributed by atoms with van der Waals surface area (Å²) in [5.74, 6) is -0.429. The third kappa shape index (κ3) is 3.13. The van der Waals surface area contributed by atoms with Crippen LogP contribution in [0.4, 0.5) is 5.69 Å². The average Bonchev–Trinajstić information content (AvgIpc) is 2.62. The Balaban J connectivity index is 3.13. The zero-order valence-corrected chi connectivity index (χ0v) is 12.5. The summed E-state index contributed by atoms with van der Waals surface area (Å²) < 4.78 is 1.25. The van der Waals surface area contributed by atoms with Gasteiger partial charge in [-0.1, -0.05) is 13.8 Å². The molecule has 1 aromatic rings. The first-order valence-electron chi connectivity index (χ1n) is 6.24. The van der Waals surface area contributed by atoms with E-state index in [1.807, 2.05) is 13.8 Å². The molecule has 1 aromatic heterocycles. The lowest BCUT2D eigenvalue weighted by molar-refractivity contribution is -0.385. The fraction of sp³-hybridized carbons (Fsp3) is 0.667. The number of nitrogens with two attached hydrogens (primary N) is 1. The Morgan fingerprint density at radius 1 is 1.55 bits per heavy atom. The largest absolute Gasteiger partial charge is 0.340 e. The first-order valence-corrected chi connectivity index (χ1v) is 6.24. The fourth-order valence-corrected chi connectivity index (χ4v) is 2.06. The number of aromatic nitrogens is 2. The molecule has 0 spiro atoms. The highest BCUT2D eigenvalue weighted by Crippen LogP contribution is 2.24. The maximum absolute atomic E-state index is 12.4. The summed E-state index contributed by atoms with van der Waals surface area (Å²) in [6.45, 7) is 6.19. The Morgan fingerprint density at radius 2 is 2.10 bits per heavy atom. The van der Waals surface area contributed by atoms with Crippen molar-refractivity contribution in [1.82, 2.24) is 14.7 Å². The molecule has 2 N–H and O–H groups in total. The monoisotopic (exact) mass is 283 g/mol. The molecule has 1 rings (SSSR count). The number of nitro groups is 1. The molecule has 1 amide bonds. The van der Waals surface area contributed by atoms with Gasteiger partial charge in [0.1, 0.15) is 5.69 Å². The fourth-order valence-electron chi connectivity index (χ4n) is 2.06. The molecule has 0 aromatic carbocycles. The smallest absolute Gasteiger partial charge is 0.322 e. The standard InChI is InChI=1S/C12H21N5O3/c1-8-9(17(19)20)10(16(5)14-8)11(18)15(4)7-12(2,3)6-13/h6-7,13H2,1-5H3. The Hall–Kier alpha value is -1.96. The van der Waals surface area contributed by atoms with Crippen molar-refractivity contribution in [3.05, 3.63) is 21.5 Å². The number of aryl methyl sites for hydroxylation is 2. The number of hydrogen-bond donors (Lipinski definition) is 1. The molecular formula is C12H21N5O3. The predicted molar refractivity (Wildman–Crippen MR) is 74.4 cm³/mol. The predicted octanol–water partition coefficient (Wildman–Crippen LogP) is 0.694. The van der Waals surface area contributed by atoms with Crippen LogP contribution in [0.25, 0.3) is 0 Å². The first kappa shape index (κ1) is 16.1. The molecule has 0 aliphatic rings. The summed E-state index contributed by atoms with van der Waals surface area (Å²) in [7, 11) is 3.13. The highest BCUT2D eigenvalue weighted by atomic mass is 16.6. The van der Waals surface area contributed by atoms with E-state index in [-0.39, 0.29) is 22.5 Å². The zero-order valence-electron chi connectivity index (χ0n) is 12.5. The normalized spacial score (nSPS) is 11.5. The molecule has 0 atom stereocenters. The van der Waals surface area contributed by atoms with Crippen molar-refractivity contribution in [1.29, 1.82) is 0 Å². The summed E-state index contributed by atoms with van der Waals surface area (Å²) >= 11 is 0. The van der Waals surface area contributed by atoms with Gasteiger partial charge < -0.3 is 10.6 Å². The SMILES string of the molecule is Cc1nn(C)c(C(=O)N(C)CC(C)(C)CN)c1[N+](=O)[O-]. The van der Waals surface area contributed by atoms with E-state index in [4.69, 9.17) is 5.73 Å². The van der Waals surface area contributed by atoms with Crippen molar-refractivity contribution in [2.45, 2.75) is 20.8 Å². The minimum atomic E-state index is -0.572. The van der Waals surface area contributed by atoms with Crippen molar-refractivity contribution in [3.63, 3.8) is 0 Å². The van der Waals surface area contributed by atoms with Crippen LogP contribution >= 0.6 is 0 Å². The topological polar surface area (TPSA) is 107 Å². The molecule has 0 saturated carbocycles. The molecule has 0 unspecified atom stereocenters. The van der Waals surface area contributed by atoms with Gasteiger partial charge in [-0.2, -0.15) is 5.10 Å². The van der Waals surface area contributed by atoms with Crippen molar-refractivity contribution >= 4 is 11.6 Å². The van der Waals surface area contributed by atoms with Gasteiger partial charge in [-0.05, 0) is 18.9 Å². The van der Waals surface area contributed by atoms with E-state index >= 15 is 0 Å². The van der Waals surface area contributed by atoms with Gasteiger partial charge in [0, 0.05) is 20.6 Å². The van der Waals surface area contributed by atoms with Gasteiger partial charge in [-0.3, -0.25) is 19.6 Å². The Kier molecular flexibility index (Phi) is 4.49. The highest BCUT2D eigenvalue weighted by Gasteiger charge is 2.32. The molecular weight excluding hydrogens is 262 g/mol. The van der Waals surface area contributed by atoms with Crippen LogP contribution in [-0.4, -0.2) is 45.6 Å². The van der Waals surface area contributed by atoms with Crippen LogP contribution in [0.5, 0.6) is 0 Å². The third-order valence-electron chi connectivity index (χ3n) is 3.14. The third-order valence-corrected chi connectivity index (χ3v) is 3.14. The second-order valence-corrected chi connectivity index (χ2v) is 5.69. The van der Waals surface area contributed by atoms with E-state index in [1.54, 1.807) is 7.05 Å². The van der Waals surface area contributed by atoms with Crippen LogP contribution in [0, 0.1) is 22.5 Å². The number of amides is 1. The second kappa shape index (κ2) is 5.58. The lowest BCUT2D eigenvalue weighted by Crippen LogP contribution is -2.40. The van der Waals surface area contributed by atoms with E-state index in [0.29, 0.717) is 13.1 Å². The molecule has 0 bridgehead atoms. The van der Waals surface area contributed by atoms with Crippen molar-refractivity contribution < 1.29 is 9.72 Å². The number of rotatable bonds is 5. The average molecular weight is 283 g/mol. The molecule has 112 valence electrons. The molecule has 0 aliphatic carbocycles. The maximum Gasteiger partial charge on any atom is 0.322 e. The van der Waals surface area contributed by atoms with Crippen LogP contribution in [0.2, 0.25) is 0 Å². The second-order valence-electron chi connectivity index (χ2n) is 5.69. The van der Waals surface area contributed by atoms with Crippen LogP contribution in [0.1, 0.15) is 30.0 Å². The molecule has 0 aliphatic heterocycles. The number of hydrogen-bond acceptors (Lipinski definition) is 5. The Morgan fingerprint density at radius 3 is 2.55 bits per heavy atom. The van der Waals surface area contributed by atoms with E-state index in [2.05, 4.69) is 5.10 Å². The van der Waals surface area contributed by atoms with Gasteiger partial charge in [0.2, 0.25) is 5.69 Å². The minimum Gasteiger partial charge on any atom is -0.340 e. The van der Waals surface area contributed by atoms with E-state index < -0.39 is 10.8 Å². The summed E-state index contributed by atoms with van der Waals surface area (Å²) in [6, 6.07) is 0. The van der Waals surface area contributed by atoms with Gasteiger partial charge in [0.05, 0.1) is 4.92 Å². The van der Waals surface area contributed by atoms with Gasteiger partial charge in [0.25, 0.3) is 5.91 Å². The van der Waals surface area contributed by atoms with Gasteiger partial charge in [-0.15, -0.1) is 0 Å². The maximum atomic E-state index is 12.4. The lowest BCUT2D eigenvalue weighted by Gasteiger charge is -2.28. The van der Waals surface area contributed by atoms with Crippen LogP contribution in [-0.2, 0) is 7.05 Å². The van der Waals surface area contributed by atoms with Crippen molar-refractivity contribution in [2.24, 2.45) is 18.2 Å². The number of carbonyl (C=O) groups is 1. The minimum absolute atomic E-state index is 0.0113. The molecule has 0 saturated heterocycles. The quantitative estimate of drug-likeness (QED) is 0.632. The molecule has 0 radical (unpaired) electrons. The van der Waals surface area contributed by atoms with Crippen LogP contribution < -0.4 is 5.73 Å². The summed E-state index contributed by atoms with van der Waals surface area (Å²) in [5, 5.41) is 15.0. The van der Waals surface area contributed by atoms with Crippen molar-refractivity contribution in [3.8, 4) is 0 Å². The van der Waals surface area contributed by atoms with Gasteiger partial charge in [-0.25, -0.2) is 0 Å². The molecule has 1 heterocycles. The number of nitrogens with zero attached hydrogens (tertiary/aromatic N) is 4. The molecule has 0 fully saturated rings. The van der Waals surface area contributed by atoms with E-state index in [0.717, 1.165) is 0 Å². The van der Waals surface area contributed by atoms with Gasteiger partial charge >= 0.3 is 5.69 Å². The zero-order chi connectivity index (χ0) is 15.7. The first-order chi connectivity index (χ1) is 9.10. The summed E-state index contributed by atoms with van der Waals surface area (Å²) in [5.41, 5.74) is 5.36. The van der Waals surface area contributed by atoms with Crippen LogP contribution in [0.3, 0.4) is 0 Å². The molecule has 20 heavy (non-hydrogen) atoms. The summed E-state index contributed by atoms with van der Waals surface area (Å²) in [4.78, 5) is 24.4. The highest BCUT2D eigenvalue weighted by molar-refractivity contribution is 5.96. The summed E-state index contributed by atoms with van der Waals surface area (Å²) in [6.07, 6.45) is 0. The van der Waals surface area contributed by atoms with E-state index in [1.165, 1.54) is 23.6 Å². The van der Waals surface area contributed by atoms with Crippen LogP contribution in [0.15, 0.2) is 0 Å². The van der Waals surface area contributed by atoms with Gasteiger partial charge in [0.15, 0.2) is 0 Å².